The van der Waals surface area contributed by atoms with Crippen LogP contribution in [0.25, 0.3) is 0 Å². The standard InChI is InChI=1S/C19H13Cl2NO5.Li/c20-12-1-3-14(16(21)7-12)18(23)22-17-4-2-13(8-15(17)19(24)25)27-10-11-5-6-26-9-11;/h1-9H,10H2,(H,22,23)(H,24,25);/q;+1/p-1. The van der Waals surface area contributed by atoms with Gasteiger partial charge in [-0.1, -0.05) is 23.2 Å². The molecule has 2 aromatic carbocycles. The van der Waals surface area contributed by atoms with Gasteiger partial charge >= 0.3 is 18.9 Å². The Morgan fingerprint density at radius 3 is 2.50 bits per heavy atom. The Kier molecular flexibility index (Phi) is 7.61. The van der Waals surface area contributed by atoms with E-state index in [2.05, 4.69) is 5.32 Å². The number of carbonyl (C=O) groups excluding carboxylic acids is 2. The third-order valence-corrected chi connectivity index (χ3v) is 4.17. The second-order valence-corrected chi connectivity index (χ2v) is 6.34. The molecule has 0 fully saturated rings. The van der Waals surface area contributed by atoms with Crippen molar-refractivity contribution in [3.8, 4) is 5.75 Å². The van der Waals surface area contributed by atoms with Gasteiger partial charge in [0.2, 0.25) is 0 Å². The van der Waals surface area contributed by atoms with Crippen LogP contribution in [0.15, 0.2) is 59.4 Å². The van der Waals surface area contributed by atoms with E-state index in [1.54, 1.807) is 6.07 Å². The van der Waals surface area contributed by atoms with Crippen LogP contribution in [0.5, 0.6) is 5.75 Å². The summed E-state index contributed by atoms with van der Waals surface area (Å²) in [5.74, 6) is -1.73. The molecule has 1 aromatic heterocycles. The molecule has 9 heteroatoms. The Morgan fingerprint density at radius 2 is 1.86 bits per heavy atom. The van der Waals surface area contributed by atoms with Gasteiger partial charge in [0.05, 0.1) is 34.8 Å². The molecular weight excluding hydrogens is 400 g/mol. The van der Waals surface area contributed by atoms with Gasteiger partial charge in [0.15, 0.2) is 0 Å². The van der Waals surface area contributed by atoms with Gasteiger partial charge in [0.25, 0.3) is 5.91 Å². The molecule has 0 spiro atoms. The SMILES string of the molecule is O=C(Nc1ccc(OCc2ccoc2)cc1C(=O)[O-])c1ccc(Cl)cc1Cl.[Li+]. The number of rotatable bonds is 6. The number of hydrogen-bond donors (Lipinski definition) is 1. The van der Waals surface area contributed by atoms with Crippen LogP contribution in [-0.2, 0) is 6.61 Å². The van der Waals surface area contributed by atoms with E-state index < -0.39 is 11.9 Å². The predicted molar refractivity (Wildman–Crippen MR) is 98.2 cm³/mol. The summed E-state index contributed by atoms with van der Waals surface area (Å²) in [7, 11) is 0. The molecule has 0 aliphatic carbocycles. The van der Waals surface area contributed by atoms with Crippen molar-refractivity contribution in [2.75, 3.05) is 5.32 Å². The van der Waals surface area contributed by atoms with Crippen molar-refractivity contribution >= 4 is 40.8 Å². The second kappa shape index (κ2) is 9.72. The molecule has 0 unspecified atom stereocenters. The van der Waals surface area contributed by atoms with Gasteiger partial charge in [0, 0.05) is 16.1 Å². The zero-order chi connectivity index (χ0) is 19.4. The van der Waals surface area contributed by atoms with Gasteiger partial charge in [-0.2, -0.15) is 0 Å². The van der Waals surface area contributed by atoms with Crippen LogP contribution in [-0.4, -0.2) is 11.9 Å². The Bertz CT molecular complexity index is 992. The number of carbonyl (C=O) groups is 2. The molecule has 0 atom stereocenters. The third kappa shape index (κ3) is 5.34. The van der Waals surface area contributed by atoms with Gasteiger partial charge < -0.3 is 24.4 Å². The van der Waals surface area contributed by atoms with E-state index in [0.717, 1.165) is 5.56 Å². The molecule has 0 saturated heterocycles. The first kappa shape index (κ1) is 21.9. The minimum absolute atomic E-state index is 0. The van der Waals surface area contributed by atoms with Crippen LogP contribution in [0.1, 0.15) is 26.3 Å². The summed E-state index contributed by atoms with van der Waals surface area (Å²) in [6, 6.07) is 10.3. The minimum Gasteiger partial charge on any atom is -0.545 e. The Hall–Kier alpha value is -2.36. The van der Waals surface area contributed by atoms with Gasteiger partial charge in [-0.25, -0.2) is 0 Å². The first-order chi connectivity index (χ1) is 12.9. The predicted octanol–water partition coefficient (Wildman–Crippen LogP) is 0.785. The number of carboxylic acid groups (broad SMARTS) is 1. The van der Waals surface area contributed by atoms with Gasteiger partial charge in [-0.05, 0) is 42.5 Å². The number of halogens is 2. The Balaban J connectivity index is 0.00000280. The molecule has 3 rings (SSSR count). The van der Waals surface area contributed by atoms with Crippen molar-refractivity contribution in [2.24, 2.45) is 0 Å². The maximum atomic E-state index is 12.4. The number of aromatic carboxylic acids is 1. The Labute approximate surface area is 182 Å². The van der Waals surface area contributed by atoms with E-state index in [4.69, 9.17) is 32.4 Å². The number of furan rings is 1. The number of carboxylic acids is 1. The quantitative estimate of drug-likeness (QED) is 0.605. The van der Waals surface area contributed by atoms with Gasteiger partial charge in [-0.3, -0.25) is 4.79 Å². The average Bonchev–Trinajstić information content (AvgIpc) is 3.14. The van der Waals surface area contributed by atoms with Crippen LogP contribution in [0, 0.1) is 0 Å². The monoisotopic (exact) mass is 411 g/mol. The average molecular weight is 412 g/mol. The summed E-state index contributed by atoms with van der Waals surface area (Å²) in [6.07, 6.45) is 3.02. The molecule has 0 aliphatic heterocycles. The molecular formula is C19H12Cl2LiNO5. The maximum Gasteiger partial charge on any atom is 1.00 e. The van der Waals surface area contributed by atoms with Crippen molar-refractivity contribution in [3.05, 3.63) is 81.7 Å². The summed E-state index contributed by atoms with van der Waals surface area (Å²) >= 11 is 11.8. The van der Waals surface area contributed by atoms with E-state index in [1.807, 2.05) is 0 Å². The Morgan fingerprint density at radius 1 is 1.07 bits per heavy atom. The summed E-state index contributed by atoms with van der Waals surface area (Å²) < 4.78 is 10.5. The molecule has 6 nitrogen and oxygen atoms in total. The largest absolute Gasteiger partial charge is 1.00 e. The first-order valence-corrected chi connectivity index (χ1v) is 8.45. The maximum absolute atomic E-state index is 12.4. The van der Waals surface area contributed by atoms with E-state index in [0.29, 0.717) is 10.8 Å². The molecule has 1 heterocycles. The third-order valence-electron chi connectivity index (χ3n) is 3.62. The number of benzene rings is 2. The summed E-state index contributed by atoms with van der Waals surface area (Å²) in [6.45, 7) is 0.203. The topological polar surface area (TPSA) is 91.6 Å². The van der Waals surface area contributed by atoms with Gasteiger partial charge in [-0.15, -0.1) is 0 Å². The van der Waals surface area contributed by atoms with E-state index in [1.165, 1.54) is 48.9 Å². The number of ether oxygens (including phenoxy) is 1. The molecule has 1 amide bonds. The van der Waals surface area contributed by atoms with Crippen molar-refractivity contribution in [1.29, 1.82) is 0 Å². The van der Waals surface area contributed by atoms with Crippen LogP contribution < -0.4 is 34.0 Å². The molecule has 0 bridgehead atoms. The van der Waals surface area contributed by atoms with E-state index in [-0.39, 0.29) is 47.3 Å². The van der Waals surface area contributed by atoms with Crippen molar-refractivity contribution < 1.29 is 42.7 Å². The molecule has 28 heavy (non-hydrogen) atoms. The first-order valence-electron chi connectivity index (χ1n) is 7.69. The number of anilines is 1. The van der Waals surface area contributed by atoms with E-state index in [9.17, 15) is 14.7 Å². The summed E-state index contributed by atoms with van der Waals surface area (Å²) in [5.41, 5.74) is 0.783. The van der Waals surface area contributed by atoms with Crippen molar-refractivity contribution in [2.45, 2.75) is 6.61 Å². The molecule has 0 aliphatic rings. The molecule has 0 radical (unpaired) electrons. The summed E-state index contributed by atoms with van der Waals surface area (Å²) in [5, 5.41) is 14.5. The zero-order valence-electron chi connectivity index (χ0n) is 14.7. The fourth-order valence-electron chi connectivity index (χ4n) is 2.30. The molecule has 1 N–H and O–H groups in total. The van der Waals surface area contributed by atoms with Crippen LogP contribution in [0.4, 0.5) is 5.69 Å². The number of amides is 1. The van der Waals surface area contributed by atoms with E-state index >= 15 is 0 Å². The minimum atomic E-state index is -1.46. The van der Waals surface area contributed by atoms with Crippen molar-refractivity contribution in [3.63, 3.8) is 0 Å². The fourth-order valence-corrected chi connectivity index (χ4v) is 2.79. The van der Waals surface area contributed by atoms with Crippen LogP contribution >= 0.6 is 23.2 Å². The zero-order valence-corrected chi connectivity index (χ0v) is 16.2. The fraction of sp³-hybridized carbons (Fsp3) is 0.0526. The molecule has 3 aromatic rings. The van der Waals surface area contributed by atoms with Gasteiger partial charge in [0.1, 0.15) is 12.4 Å². The summed E-state index contributed by atoms with van der Waals surface area (Å²) in [4.78, 5) is 23.9. The normalized spacial score (nSPS) is 10.1. The number of hydrogen-bond acceptors (Lipinski definition) is 5. The second-order valence-electron chi connectivity index (χ2n) is 5.49. The number of nitrogens with one attached hydrogen (secondary N) is 1. The van der Waals surface area contributed by atoms with Crippen molar-refractivity contribution in [1.82, 2.24) is 0 Å². The van der Waals surface area contributed by atoms with Crippen LogP contribution in [0.2, 0.25) is 10.0 Å². The van der Waals surface area contributed by atoms with Crippen LogP contribution in [0.3, 0.4) is 0 Å². The molecule has 0 saturated carbocycles. The molecule has 138 valence electrons. The smallest absolute Gasteiger partial charge is 0.545 e.